The van der Waals surface area contributed by atoms with Crippen molar-refractivity contribution in [2.24, 2.45) is 10.7 Å². The molecular weight excluding hydrogens is 447 g/mol. The number of carbonyl (C=O) groups excluding carboxylic acids is 1. The van der Waals surface area contributed by atoms with Gasteiger partial charge in [-0.2, -0.15) is 0 Å². The van der Waals surface area contributed by atoms with E-state index in [4.69, 9.17) is 22.1 Å². The maximum absolute atomic E-state index is 15.0. The Kier molecular flexibility index (Phi) is 5.48. The third-order valence-corrected chi connectivity index (χ3v) is 8.15. The van der Waals surface area contributed by atoms with E-state index in [0.29, 0.717) is 10.6 Å². The average Bonchev–Trinajstić information content (AvgIpc) is 2.74. The summed E-state index contributed by atoms with van der Waals surface area (Å²) in [5, 5.41) is -0.633. The minimum atomic E-state index is -3.88. The van der Waals surface area contributed by atoms with Crippen LogP contribution in [0.15, 0.2) is 41.5 Å². The second kappa shape index (κ2) is 7.85. The van der Waals surface area contributed by atoms with Crippen LogP contribution in [-0.4, -0.2) is 55.0 Å². The van der Waals surface area contributed by atoms with Gasteiger partial charge in [0.2, 0.25) is 16.0 Å². The molecule has 0 aliphatic carbocycles. The minimum Gasteiger partial charge on any atom is -0.378 e. The highest BCUT2D eigenvalue weighted by atomic mass is 35.5. The molecule has 3 heterocycles. The summed E-state index contributed by atoms with van der Waals surface area (Å²) in [6.07, 6.45) is 1.45. The minimum absolute atomic E-state index is 0.0335. The van der Waals surface area contributed by atoms with Gasteiger partial charge in [-0.05, 0) is 36.2 Å². The number of ether oxygens (including phenoxy) is 1. The van der Waals surface area contributed by atoms with E-state index in [1.165, 1.54) is 37.5 Å². The van der Waals surface area contributed by atoms with Crippen molar-refractivity contribution in [2.45, 2.75) is 23.6 Å². The smallest absolute Gasteiger partial charge is 0.242 e. The molecule has 1 aromatic carbocycles. The Hall–Kier alpha value is -2.56. The molecule has 4 rings (SSSR count). The van der Waals surface area contributed by atoms with Crippen molar-refractivity contribution in [3.05, 3.63) is 64.2 Å². The van der Waals surface area contributed by atoms with Crippen molar-refractivity contribution >= 4 is 33.4 Å². The largest absolute Gasteiger partial charge is 0.378 e. The first-order valence-electron chi connectivity index (χ1n) is 9.49. The topological polar surface area (TPSA) is 115 Å². The molecule has 0 bridgehead atoms. The van der Waals surface area contributed by atoms with Crippen molar-refractivity contribution in [1.29, 1.82) is 0 Å². The van der Waals surface area contributed by atoms with Crippen LogP contribution in [0.1, 0.15) is 28.0 Å². The number of aliphatic imine (C=N–C) groups is 1. The molecule has 31 heavy (non-hydrogen) atoms. The molecule has 2 aromatic rings. The van der Waals surface area contributed by atoms with Crippen LogP contribution in [0.4, 0.5) is 4.39 Å². The van der Waals surface area contributed by atoms with Gasteiger partial charge in [0.15, 0.2) is 5.78 Å². The van der Waals surface area contributed by atoms with E-state index in [-0.39, 0.29) is 49.1 Å². The number of aromatic nitrogens is 1. The molecule has 1 aromatic heterocycles. The lowest BCUT2D eigenvalue weighted by atomic mass is 9.83. The Morgan fingerprint density at radius 3 is 2.87 bits per heavy atom. The molecule has 1 fully saturated rings. The van der Waals surface area contributed by atoms with Crippen LogP contribution in [0, 0.1) is 5.82 Å². The number of hydrogen-bond donors (Lipinski definition) is 1. The van der Waals surface area contributed by atoms with E-state index < -0.39 is 26.6 Å². The van der Waals surface area contributed by atoms with Crippen molar-refractivity contribution in [2.75, 3.05) is 20.3 Å². The molecule has 2 aliphatic heterocycles. The molecule has 2 atom stereocenters. The second-order valence-electron chi connectivity index (χ2n) is 7.51. The summed E-state index contributed by atoms with van der Waals surface area (Å²) in [7, 11) is -2.56. The van der Waals surface area contributed by atoms with Crippen LogP contribution in [0.25, 0.3) is 0 Å². The quantitative estimate of drug-likeness (QED) is 0.688. The van der Waals surface area contributed by atoms with E-state index in [1.807, 2.05) is 0 Å². The Bertz CT molecular complexity index is 1170. The van der Waals surface area contributed by atoms with E-state index in [2.05, 4.69) is 9.98 Å². The molecule has 11 heteroatoms. The van der Waals surface area contributed by atoms with Gasteiger partial charge in [0, 0.05) is 31.8 Å². The van der Waals surface area contributed by atoms with Crippen molar-refractivity contribution < 1.29 is 22.3 Å². The van der Waals surface area contributed by atoms with Crippen molar-refractivity contribution in [3.63, 3.8) is 0 Å². The van der Waals surface area contributed by atoms with Gasteiger partial charge in [0.05, 0.1) is 11.6 Å². The number of carbonyl (C=O) groups is 1. The van der Waals surface area contributed by atoms with Gasteiger partial charge in [-0.3, -0.25) is 9.78 Å². The monoisotopic (exact) mass is 466 g/mol. The Morgan fingerprint density at radius 1 is 1.39 bits per heavy atom. The van der Waals surface area contributed by atoms with Crippen LogP contribution in [0.2, 0.25) is 5.02 Å². The van der Waals surface area contributed by atoms with Gasteiger partial charge < -0.3 is 10.5 Å². The van der Waals surface area contributed by atoms with Gasteiger partial charge in [-0.25, -0.2) is 22.1 Å². The third-order valence-electron chi connectivity index (χ3n) is 5.63. The van der Waals surface area contributed by atoms with Crippen LogP contribution >= 0.6 is 11.6 Å². The zero-order valence-electron chi connectivity index (χ0n) is 16.6. The predicted octanol–water partition coefficient (Wildman–Crippen LogP) is 1.87. The zero-order chi connectivity index (χ0) is 22.4. The predicted molar refractivity (Wildman–Crippen MR) is 113 cm³/mol. The molecule has 2 aliphatic rings. The first-order valence-corrected chi connectivity index (χ1v) is 11.4. The van der Waals surface area contributed by atoms with Crippen LogP contribution in [0.3, 0.4) is 0 Å². The number of halogens is 2. The maximum atomic E-state index is 15.0. The number of benzene rings is 1. The molecule has 0 amide bonds. The number of ketones is 1. The Morgan fingerprint density at radius 2 is 2.16 bits per heavy atom. The van der Waals surface area contributed by atoms with Gasteiger partial charge in [0.1, 0.15) is 22.3 Å². The Balaban J connectivity index is 1.77. The zero-order valence-corrected chi connectivity index (χ0v) is 18.2. The lowest BCUT2D eigenvalue weighted by Crippen LogP contribution is -2.61. The van der Waals surface area contributed by atoms with Crippen LogP contribution < -0.4 is 5.73 Å². The van der Waals surface area contributed by atoms with E-state index in [0.717, 1.165) is 4.31 Å². The van der Waals surface area contributed by atoms with Crippen molar-refractivity contribution in [3.8, 4) is 0 Å². The van der Waals surface area contributed by atoms with Crippen LogP contribution in [-0.2, 0) is 26.7 Å². The summed E-state index contributed by atoms with van der Waals surface area (Å²) in [5.41, 5.74) is 5.09. The summed E-state index contributed by atoms with van der Waals surface area (Å²) in [6.45, 7) is 0.0649. The van der Waals surface area contributed by atoms with E-state index >= 15 is 4.39 Å². The molecule has 0 saturated carbocycles. The molecule has 0 spiro atoms. The number of pyridine rings is 1. The lowest BCUT2D eigenvalue weighted by molar-refractivity contribution is 0.0360. The first-order chi connectivity index (χ1) is 14.6. The fourth-order valence-corrected chi connectivity index (χ4v) is 5.92. The summed E-state index contributed by atoms with van der Waals surface area (Å²) < 4.78 is 47.5. The van der Waals surface area contributed by atoms with Crippen molar-refractivity contribution in [1.82, 2.24) is 9.29 Å². The number of Topliss-reactive ketones (excluding diaryl/α,β-unsaturated/α-hetero) is 1. The molecule has 1 saturated heterocycles. The number of rotatable bonds is 4. The summed E-state index contributed by atoms with van der Waals surface area (Å²) in [4.78, 5) is 21.0. The van der Waals surface area contributed by atoms with E-state index in [1.54, 1.807) is 6.07 Å². The molecular formula is C20H20ClFN4O4S. The number of nitrogens with zero attached hydrogens (tertiary/aromatic N) is 3. The number of fused-ring (bicyclic) bond motifs is 1. The lowest BCUT2D eigenvalue weighted by Gasteiger charge is -2.45. The normalized spacial score (nSPS) is 24.9. The molecule has 0 radical (unpaired) electrons. The molecule has 164 valence electrons. The molecule has 2 N–H and O–H groups in total. The highest BCUT2D eigenvalue weighted by Gasteiger charge is 2.56. The maximum Gasteiger partial charge on any atom is 0.242 e. The third kappa shape index (κ3) is 3.68. The average molecular weight is 467 g/mol. The number of nitrogens with two attached hydrogens (primary N) is 1. The summed E-state index contributed by atoms with van der Waals surface area (Å²) >= 11 is 5.81. The summed E-state index contributed by atoms with van der Waals surface area (Å²) in [5.74, 6) is -1.18. The summed E-state index contributed by atoms with van der Waals surface area (Å²) in [6, 6.07) is 7.19. The molecule has 1 unspecified atom stereocenters. The standard InChI is InChI=1S/C20H20ClFN4O4S/c1-26-19(23)25-20(11-30-7-6-18(20)31(26,28)29)14-8-12(2-4-15(14)22)9-17(27)16-5-3-13(21)10-24-16/h2-5,8,10,18H,6-7,9,11H2,1H3,(H2,23,25)/t18?,20-/m1/s1. The molecule has 8 nitrogen and oxygen atoms in total. The second-order valence-corrected chi connectivity index (χ2v) is 10.1. The number of hydrogen-bond acceptors (Lipinski definition) is 7. The highest BCUT2D eigenvalue weighted by Crippen LogP contribution is 2.43. The fraction of sp³-hybridized carbons (Fsp3) is 0.350. The highest BCUT2D eigenvalue weighted by molar-refractivity contribution is 7.90. The van der Waals surface area contributed by atoms with Crippen LogP contribution in [0.5, 0.6) is 0 Å². The number of sulfonamides is 1. The van der Waals surface area contributed by atoms with E-state index in [9.17, 15) is 13.2 Å². The van der Waals surface area contributed by atoms with Gasteiger partial charge in [-0.15, -0.1) is 0 Å². The SMILES string of the molecule is CN1C(N)=N[C@@]2(c3cc(CC(=O)c4ccc(Cl)cn4)ccc3F)COCCC2S1(=O)=O. The van der Waals surface area contributed by atoms with Gasteiger partial charge in [0.25, 0.3) is 0 Å². The van der Waals surface area contributed by atoms with Gasteiger partial charge >= 0.3 is 0 Å². The number of guanidine groups is 1. The van der Waals surface area contributed by atoms with Gasteiger partial charge in [-0.1, -0.05) is 17.7 Å². The fourth-order valence-electron chi connectivity index (χ4n) is 3.99. The Labute approximate surface area is 183 Å². The first kappa shape index (κ1) is 21.7.